The van der Waals surface area contributed by atoms with E-state index in [2.05, 4.69) is 5.32 Å². The van der Waals surface area contributed by atoms with Crippen LogP contribution in [0.1, 0.15) is 46.5 Å². The second-order valence-corrected chi connectivity index (χ2v) is 7.35. The molecular weight excluding hydrogens is 366 g/mol. The van der Waals surface area contributed by atoms with E-state index in [0.29, 0.717) is 25.0 Å². The lowest BCUT2D eigenvalue weighted by atomic mass is 9.70. The van der Waals surface area contributed by atoms with E-state index < -0.39 is 23.9 Å². The molecule has 2 aliphatic rings. The largest absolute Gasteiger partial charge is 0.466 e. The SMILES string of the molecule is COC(=O)C1=C(C#N)NC(C)=C(C(=O)OC(C)C)C1C1CCCC([N+](=O)[O-])C1. The second kappa shape index (κ2) is 8.87. The number of nitrogens with zero attached hydrogens (tertiary/aromatic N) is 2. The first-order valence-corrected chi connectivity index (χ1v) is 9.26. The lowest BCUT2D eigenvalue weighted by Gasteiger charge is -2.36. The summed E-state index contributed by atoms with van der Waals surface area (Å²) in [5, 5.41) is 23.7. The van der Waals surface area contributed by atoms with Crippen LogP contribution < -0.4 is 5.32 Å². The third-order valence-electron chi connectivity index (χ3n) is 5.14. The number of hydrogen-bond donors (Lipinski definition) is 1. The van der Waals surface area contributed by atoms with E-state index in [1.54, 1.807) is 20.8 Å². The van der Waals surface area contributed by atoms with Crippen molar-refractivity contribution in [3.8, 4) is 6.07 Å². The molecule has 0 bridgehead atoms. The minimum absolute atomic E-state index is 0.00123. The quantitative estimate of drug-likeness (QED) is 0.429. The highest BCUT2D eigenvalue weighted by Crippen LogP contribution is 2.43. The van der Waals surface area contributed by atoms with Gasteiger partial charge in [0, 0.05) is 29.4 Å². The molecule has 1 aliphatic heterocycles. The Hall–Kier alpha value is -2.89. The van der Waals surface area contributed by atoms with Crippen molar-refractivity contribution in [2.75, 3.05) is 7.11 Å². The van der Waals surface area contributed by atoms with Gasteiger partial charge < -0.3 is 14.8 Å². The molecule has 9 nitrogen and oxygen atoms in total. The molecule has 2 rings (SSSR count). The van der Waals surface area contributed by atoms with E-state index in [1.807, 2.05) is 6.07 Å². The average molecular weight is 391 g/mol. The minimum atomic E-state index is -0.794. The lowest BCUT2D eigenvalue weighted by molar-refractivity contribution is -0.528. The first-order chi connectivity index (χ1) is 13.2. The van der Waals surface area contributed by atoms with Crippen LogP contribution in [0.4, 0.5) is 0 Å². The fourth-order valence-electron chi connectivity index (χ4n) is 4.01. The van der Waals surface area contributed by atoms with Crippen LogP contribution in [-0.2, 0) is 19.1 Å². The maximum absolute atomic E-state index is 12.8. The third kappa shape index (κ3) is 4.32. The molecular formula is C19H25N3O6. The molecule has 28 heavy (non-hydrogen) atoms. The standard InChI is InChI=1S/C19H25N3O6/c1-10(2)28-19(24)15-11(3)21-14(9-20)17(18(23)27-4)16(15)12-6-5-7-13(8-12)22(25)26/h10,12-13,16,21H,5-8H2,1-4H3. The molecule has 0 spiro atoms. The highest BCUT2D eigenvalue weighted by molar-refractivity contribution is 5.98. The van der Waals surface area contributed by atoms with Gasteiger partial charge in [0.25, 0.3) is 0 Å². The van der Waals surface area contributed by atoms with Crippen LogP contribution in [0.25, 0.3) is 0 Å². The number of ether oxygens (including phenoxy) is 2. The molecule has 1 aliphatic carbocycles. The Morgan fingerprint density at radius 2 is 1.96 bits per heavy atom. The highest BCUT2D eigenvalue weighted by atomic mass is 16.6. The summed E-state index contributed by atoms with van der Waals surface area (Å²) in [6, 6.07) is 1.20. The maximum atomic E-state index is 12.8. The molecule has 0 aromatic rings. The Labute approximate surface area is 163 Å². The number of rotatable bonds is 5. The summed E-state index contributed by atoms with van der Waals surface area (Å²) < 4.78 is 10.2. The molecule has 1 heterocycles. The van der Waals surface area contributed by atoms with Crippen LogP contribution in [0, 0.1) is 33.3 Å². The third-order valence-corrected chi connectivity index (χ3v) is 5.14. The Balaban J connectivity index is 2.57. The number of esters is 2. The fraction of sp³-hybridized carbons (Fsp3) is 0.632. The molecule has 0 saturated heterocycles. The van der Waals surface area contributed by atoms with Gasteiger partial charge in [0.15, 0.2) is 0 Å². The van der Waals surface area contributed by atoms with Gasteiger partial charge in [-0.25, -0.2) is 9.59 Å². The van der Waals surface area contributed by atoms with Gasteiger partial charge in [-0.1, -0.05) is 0 Å². The Morgan fingerprint density at radius 3 is 2.50 bits per heavy atom. The van der Waals surface area contributed by atoms with Gasteiger partial charge >= 0.3 is 11.9 Å². The van der Waals surface area contributed by atoms with Crippen LogP contribution in [-0.4, -0.2) is 36.1 Å². The van der Waals surface area contributed by atoms with Gasteiger partial charge in [0.05, 0.1) is 24.4 Å². The normalized spacial score (nSPS) is 25.1. The van der Waals surface area contributed by atoms with Crippen molar-refractivity contribution in [3.05, 3.63) is 32.7 Å². The molecule has 152 valence electrons. The van der Waals surface area contributed by atoms with Crippen molar-refractivity contribution in [2.45, 2.75) is 58.6 Å². The summed E-state index contributed by atoms with van der Waals surface area (Å²) in [4.78, 5) is 36.4. The van der Waals surface area contributed by atoms with E-state index in [0.717, 1.165) is 0 Å². The molecule has 1 fully saturated rings. The summed E-state index contributed by atoms with van der Waals surface area (Å²) in [5.74, 6) is -2.49. The molecule has 0 radical (unpaired) electrons. The molecule has 1 N–H and O–H groups in total. The van der Waals surface area contributed by atoms with Crippen LogP contribution in [0.2, 0.25) is 0 Å². The summed E-state index contributed by atoms with van der Waals surface area (Å²) in [6.07, 6.45) is 1.48. The fourth-order valence-corrected chi connectivity index (χ4v) is 4.01. The van der Waals surface area contributed by atoms with Gasteiger partial charge in [0.2, 0.25) is 6.04 Å². The molecule has 0 aromatic heterocycles. The maximum Gasteiger partial charge on any atom is 0.337 e. The lowest BCUT2D eigenvalue weighted by Crippen LogP contribution is -2.40. The Kier molecular flexibility index (Phi) is 6.78. The first-order valence-electron chi connectivity index (χ1n) is 9.26. The van der Waals surface area contributed by atoms with Crippen molar-refractivity contribution >= 4 is 11.9 Å². The number of dihydropyridines is 1. The number of nitro groups is 1. The van der Waals surface area contributed by atoms with Gasteiger partial charge in [-0.05, 0) is 39.5 Å². The minimum Gasteiger partial charge on any atom is -0.466 e. The predicted octanol–water partition coefficient (Wildman–Crippen LogP) is 2.22. The van der Waals surface area contributed by atoms with Crippen molar-refractivity contribution in [1.82, 2.24) is 5.32 Å². The summed E-state index contributed by atoms with van der Waals surface area (Å²) in [5.41, 5.74) is 0.657. The van der Waals surface area contributed by atoms with Gasteiger partial charge in [-0.15, -0.1) is 0 Å². The van der Waals surface area contributed by atoms with Crippen molar-refractivity contribution in [1.29, 1.82) is 5.26 Å². The first kappa shape index (κ1) is 21.4. The number of hydrogen-bond acceptors (Lipinski definition) is 8. The van der Waals surface area contributed by atoms with E-state index in [4.69, 9.17) is 9.47 Å². The monoisotopic (exact) mass is 391 g/mol. The highest BCUT2D eigenvalue weighted by Gasteiger charge is 2.45. The number of carbonyl (C=O) groups is 2. The molecule has 0 aromatic carbocycles. The van der Waals surface area contributed by atoms with Crippen LogP contribution in [0.3, 0.4) is 0 Å². The van der Waals surface area contributed by atoms with Crippen molar-refractivity contribution < 1.29 is 24.0 Å². The summed E-state index contributed by atoms with van der Waals surface area (Å²) in [6.45, 7) is 5.05. The molecule has 1 saturated carbocycles. The Bertz CT molecular complexity index is 777. The molecule has 9 heteroatoms. The second-order valence-electron chi connectivity index (χ2n) is 7.35. The number of methoxy groups -OCH3 is 1. The van der Waals surface area contributed by atoms with Gasteiger partial charge in [-0.3, -0.25) is 10.1 Å². The number of allylic oxidation sites excluding steroid dienone is 2. The predicted molar refractivity (Wildman–Crippen MR) is 97.9 cm³/mol. The summed E-state index contributed by atoms with van der Waals surface area (Å²) in [7, 11) is 1.19. The van der Waals surface area contributed by atoms with Crippen molar-refractivity contribution in [2.24, 2.45) is 11.8 Å². The molecule has 3 atom stereocenters. The number of nitrogens with one attached hydrogen (secondary N) is 1. The van der Waals surface area contributed by atoms with Gasteiger partial charge in [-0.2, -0.15) is 5.26 Å². The summed E-state index contributed by atoms with van der Waals surface area (Å²) >= 11 is 0. The van der Waals surface area contributed by atoms with E-state index in [9.17, 15) is 25.0 Å². The number of carbonyl (C=O) groups excluding carboxylic acids is 2. The Morgan fingerprint density at radius 1 is 1.29 bits per heavy atom. The van der Waals surface area contributed by atoms with Crippen LogP contribution in [0.15, 0.2) is 22.5 Å². The van der Waals surface area contributed by atoms with E-state index in [1.165, 1.54) is 7.11 Å². The van der Waals surface area contributed by atoms with Gasteiger partial charge in [0.1, 0.15) is 11.8 Å². The zero-order valence-electron chi connectivity index (χ0n) is 16.5. The van der Waals surface area contributed by atoms with Crippen LogP contribution in [0.5, 0.6) is 0 Å². The zero-order chi connectivity index (χ0) is 21.0. The zero-order valence-corrected chi connectivity index (χ0v) is 16.5. The average Bonchev–Trinajstić information content (AvgIpc) is 2.65. The van der Waals surface area contributed by atoms with E-state index in [-0.39, 0.29) is 40.2 Å². The number of nitriles is 1. The van der Waals surface area contributed by atoms with Crippen LogP contribution >= 0.6 is 0 Å². The smallest absolute Gasteiger partial charge is 0.337 e. The molecule has 0 amide bonds. The molecule has 3 unspecified atom stereocenters. The topological polar surface area (TPSA) is 132 Å². The van der Waals surface area contributed by atoms with Crippen molar-refractivity contribution in [3.63, 3.8) is 0 Å². The van der Waals surface area contributed by atoms with E-state index >= 15 is 0 Å².